The molecule has 0 fully saturated rings. The quantitative estimate of drug-likeness (QED) is 0.394. The first-order valence-corrected chi connectivity index (χ1v) is 7.49. The highest BCUT2D eigenvalue weighted by atomic mass is 127. The van der Waals surface area contributed by atoms with Crippen molar-refractivity contribution < 1.29 is 14.2 Å². The van der Waals surface area contributed by atoms with Gasteiger partial charge in [-0.25, -0.2) is 4.99 Å². The van der Waals surface area contributed by atoms with Gasteiger partial charge in [0, 0.05) is 11.8 Å². The molecule has 6 nitrogen and oxygen atoms in total. The van der Waals surface area contributed by atoms with Crippen LogP contribution in [0.25, 0.3) is 0 Å². The molecular weight excluding hydrogens is 433 g/mol. The Morgan fingerprint density at radius 3 is 2.36 bits per heavy atom. The van der Waals surface area contributed by atoms with Crippen molar-refractivity contribution in [2.75, 3.05) is 26.6 Å². The molecule has 0 aromatic heterocycles. The molecule has 2 aromatic rings. The average molecular weight is 457 g/mol. The summed E-state index contributed by atoms with van der Waals surface area (Å²) in [6.45, 7) is 2.48. The molecule has 0 aliphatic heterocycles. The number of halogens is 1. The van der Waals surface area contributed by atoms with E-state index in [1.807, 2.05) is 25.1 Å². The standard InChI is InChI=1S/C18H23N3O3.HI/c1-12-7-13(9-15(8-12)22-2)11-20-18(19)21-14-5-6-16(23-3)17(10-14)24-4;/h5-10H,11H2,1-4H3,(H3,19,20,21);1H. The van der Waals surface area contributed by atoms with Crippen LogP contribution in [0.2, 0.25) is 0 Å². The lowest BCUT2D eigenvalue weighted by molar-refractivity contribution is 0.355. The second-order valence-electron chi connectivity index (χ2n) is 5.25. The molecule has 136 valence electrons. The number of methoxy groups -OCH3 is 3. The maximum Gasteiger partial charge on any atom is 0.193 e. The number of benzene rings is 2. The van der Waals surface area contributed by atoms with Crippen LogP contribution in [0.1, 0.15) is 11.1 Å². The SMILES string of the molecule is COc1cc(C)cc(CN=C(N)Nc2ccc(OC)c(OC)c2)c1.I. The molecule has 0 saturated heterocycles. The molecule has 0 saturated carbocycles. The van der Waals surface area contributed by atoms with Crippen molar-refractivity contribution in [2.24, 2.45) is 10.7 Å². The van der Waals surface area contributed by atoms with Crippen molar-refractivity contribution >= 4 is 35.6 Å². The second kappa shape index (κ2) is 9.97. The second-order valence-corrected chi connectivity index (χ2v) is 5.25. The largest absolute Gasteiger partial charge is 0.497 e. The number of aliphatic imine (C=N–C) groups is 1. The predicted octanol–water partition coefficient (Wildman–Crippen LogP) is 3.57. The molecule has 2 aromatic carbocycles. The van der Waals surface area contributed by atoms with E-state index in [0.717, 1.165) is 22.6 Å². The molecule has 0 aliphatic carbocycles. The number of hydrogen-bond acceptors (Lipinski definition) is 4. The predicted molar refractivity (Wildman–Crippen MR) is 112 cm³/mol. The van der Waals surface area contributed by atoms with Crippen molar-refractivity contribution in [2.45, 2.75) is 13.5 Å². The van der Waals surface area contributed by atoms with Gasteiger partial charge in [-0.2, -0.15) is 0 Å². The van der Waals surface area contributed by atoms with Crippen molar-refractivity contribution in [3.8, 4) is 17.2 Å². The van der Waals surface area contributed by atoms with E-state index in [1.54, 1.807) is 33.5 Å². The summed E-state index contributed by atoms with van der Waals surface area (Å²) in [5, 5.41) is 3.04. The summed E-state index contributed by atoms with van der Waals surface area (Å²) in [5.74, 6) is 2.42. The zero-order valence-electron chi connectivity index (χ0n) is 14.8. The summed E-state index contributed by atoms with van der Waals surface area (Å²) in [5.41, 5.74) is 8.88. The molecule has 0 heterocycles. The first-order chi connectivity index (χ1) is 11.5. The summed E-state index contributed by atoms with van der Waals surface area (Å²) in [6, 6.07) is 11.4. The van der Waals surface area contributed by atoms with Gasteiger partial charge in [0.1, 0.15) is 5.75 Å². The Morgan fingerprint density at radius 2 is 1.72 bits per heavy atom. The van der Waals surface area contributed by atoms with Gasteiger partial charge in [-0.15, -0.1) is 24.0 Å². The number of ether oxygens (including phenoxy) is 3. The minimum absolute atomic E-state index is 0. The van der Waals surface area contributed by atoms with Gasteiger partial charge in [0.05, 0.1) is 27.9 Å². The van der Waals surface area contributed by atoms with Crippen LogP contribution in [0.4, 0.5) is 5.69 Å². The number of hydrogen-bond donors (Lipinski definition) is 2. The van der Waals surface area contributed by atoms with Gasteiger partial charge in [0.2, 0.25) is 0 Å². The molecule has 7 heteroatoms. The van der Waals surface area contributed by atoms with Crippen molar-refractivity contribution in [3.63, 3.8) is 0 Å². The van der Waals surface area contributed by atoms with Gasteiger partial charge in [-0.3, -0.25) is 0 Å². The monoisotopic (exact) mass is 457 g/mol. The van der Waals surface area contributed by atoms with Crippen LogP contribution in [-0.2, 0) is 6.54 Å². The molecule has 3 N–H and O–H groups in total. The molecule has 0 amide bonds. The lowest BCUT2D eigenvalue weighted by Gasteiger charge is -2.11. The van der Waals surface area contributed by atoms with Crippen LogP contribution in [0, 0.1) is 6.92 Å². The van der Waals surface area contributed by atoms with Crippen LogP contribution in [0.15, 0.2) is 41.4 Å². The third-order valence-electron chi connectivity index (χ3n) is 3.43. The van der Waals surface area contributed by atoms with Gasteiger partial charge in [-0.05, 0) is 42.3 Å². The number of nitrogens with zero attached hydrogens (tertiary/aromatic N) is 1. The van der Waals surface area contributed by atoms with Crippen LogP contribution >= 0.6 is 24.0 Å². The van der Waals surface area contributed by atoms with Crippen LogP contribution in [0.3, 0.4) is 0 Å². The zero-order chi connectivity index (χ0) is 17.5. The lowest BCUT2D eigenvalue weighted by atomic mass is 10.1. The molecule has 0 radical (unpaired) electrons. The maximum absolute atomic E-state index is 5.96. The number of guanidine groups is 1. The van der Waals surface area contributed by atoms with Gasteiger partial charge in [0.25, 0.3) is 0 Å². The minimum Gasteiger partial charge on any atom is -0.497 e. The Labute approximate surface area is 165 Å². The fourth-order valence-electron chi connectivity index (χ4n) is 2.31. The van der Waals surface area contributed by atoms with E-state index < -0.39 is 0 Å². The summed E-state index contributed by atoms with van der Waals surface area (Å²) in [7, 11) is 4.83. The minimum atomic E-state index is 0. The van der Waals surface area contributed by atoms with E-state index in [2.05, 4.69) is 16.4 Å². The van der Waals surface area contributed by atoms with Crippen molar-refractivity contribution in [1.82, 2.24) is 0 Å². The first-order valence-electron chi connectivity index (χ1n) is 7.49. The maximum atomic E-state index is 5.96. The number of nitrogens with one attached hydrogen (secondary N) is 1. The molecule has 0 spiro atoms. The van der Waals surface area contributed by atoms with E-state index in [4.69, 9.17) is 19.9 Å². The van der Waals surface area contributed by atoms with E-state index >= 15 is 0 Å². The van der Waals surface area contributed by atoms with Gasteiger partial charge >= 0.3 is 0 Å². The van der Waals surface area contributed by atoms with E-state index in [-0.39, 0.29) is 24.0 Å². The molecule has 25 heavy (non-hydrogen) atoms. The topological polar surface area (TPSA) is 78.1 Å². The summed E-state index contributed by atoms with van der Waals surface area (Å²) < 4.78 is 15.7. The van der Waals surface area contributed by atoms with Gasteiger partial charge < -0.3 is 25.3 Å². The fraction of sp³-hybridized carbons (Fsp3) is 0.278. The number of aryl methyl sites for hydroxylation is 1. The Bertz CT molecular complexity index is 736. The Balaban J connectivity index is 0.00000312. The fourth-order valence-corrected chi connectivity index (χ4v) is 2.31. The highest BCUT2D eigenvalue weighted by Crippen LogP contribution is 2.29. The molecular formula is C18H24IN3O3. The summed E-state index contributed by atoms with van der Waals surface area (Å²) >= 11 is 0. The van der Waals surface area contributed by atoms with E-state index in [0.29, 0.717) is 24.0 Å². The molecule has 0 aliphatic rings. The van der Waals surface area contributed by atoms with E-state index in [1.165, 1.54) is 0 Å². The first kappa shape index (κ1) is 20.9. The normalized spacial score (nSPS) is 10.6. The van der Waals surface area contributed by atoms with Crippen LogP contribution < -0.4 is 25.3 Å². The average Bonchev–Trinajstić information content (AvgIpc) is 2.59. The van der Waals surface area contributed by atoms with Crippen molar-refractivity contribution in [1.29, 1.82) is 0 Å². The highest BCUT2D eigenvalue weighted by Gasteiger charge is 2.05. The van der Waals surface area contributed by atoms with Crippen LogP contribution in [0.5, 0.6) is 17.2 Å². The van der Waals surface area contributed by atoms with Crippen molar-refractivity contribution in [3.05, 3.63) is 47.5 Å². The van der Waals surface area contributed by atoms with E-state index in [9.17, 15) is 0 Å². The smallest absolute Gasteiger partial charge is 0.193 e. The molecule has 0 bridgehead atoms. The summed E-state index contributed by atoms with van der Waals surface area (Å²) in [6.07, 6.45) is 0. The number of anilines is 1. The zero-order valence-corrected chi connectivity index (χ0v) is 17.2. The third kappa shape index (κ3) is 6.00. The Kier molecular flexibility index (Phi) is 8.33. The molecule has 0 unspecified atom stereocenters. The van der Waals surface area contributed by atoms with Crippen LogP contribution in [-0.4, -0.2) is 27.3 Å². The molecule has 2 rings (SSSR count). The van der Waals surface area contributed by atoms with Gasteiger partial charge in [0.15, 0.2) is 17.5 Å². The van der Waals surface area contributed by atoms with Gasteiger partial charge in [-0.1, -0.05) is 6.07 Å². The Hall–Kier alpha value is -2.16. The molecule has 0 atom stereocenters. The number of nitrogens with two attached hydrogens (primary N) is 1. The Morgan fingerprint density at radius 1 is 1.00 bits per heavy atom. The lowest BCUT2D eigenvalue weighted by Crippen LogP contribution is -2.22. The number of rotatable bonds is 6. The third-order valence-corrected chi connectivity index (χ3v) is 3.43. The highest BCUT2D eigenvalue weighted by molar-refractivity contribution is 14.0. The summed E-state index contributed by atoms with van der Waals surface area (Å²) in [4.78, 5) is 4.36.